The second kappa shape index (κ2) is 6.91. The number of hydrogen-bond donors (Lipinski definition) is 0. The molecule has 2 aromatic heterocycles. The van der Waals surface area contributed by atoms with Crippen molar-refractivity contribution in [1.82, 2.24) is 15.0 Å². The van der Waals surface area contributed by atoms with Crippen molar-refractivity contribution in [1.29, 1.82) is 0 Å². The molecule has 0 unspecified atom stereocenters. The Bertz CT molecular complexity index is 761. The van der Waals surface area contributed by atoms with Gasteiger partial charge in [0.15, 0.2) is 17.7 Å². The van der Waals surface area contributed by atoms with Crippen LogP contribution in [0.2, 0.25) is 0 Å². The lowest BCUT2D eigenvalue weighted by atomic mass is 10.2. The summed E-state index contributed by atoms with van der Waals surface area (Å²) in [6.45, 7) is 2.82. The van der Waals surface area contributed by atoms with Gasteiger partial charge in [0.05, 0.1) is 18.6 Å². The fraction of sp³-hybridized carbons (Fsp3) is 0.235. The maximum Gasteiger partial charge on any atom is 0.172 e. The fourth-order valence-electron chi connectivity index (χ4n) is 2.22. The molecule has 0 aliphatic carbocycles. The zero-order valence-corrected chi connectivity index (χ0v) is 12.8. The predicted octanol–water partition coefficient (Wildman–Crippen LogP) is 3.52. The van der Waals surface area contributed by atoms with Gasteiger partial charge < -0.3 is 9.15 Å². The first-order valence-electron chi connectivity index (χ1n) is 7.51. The quantitative estimate of drug-likeness (QED) is 0.493. The van der Waals surface area contributed by atoms with Gasteiger partial charge in [0, 0.05) is 0 Å². The van der Waals surface area contributed by atoms with Crippen LogP contribution in [0.4, 0.5) is 0 Å². The summed E-state index contributed by atoms with van der Waals surface area (Å²) in [7, 11) is 0. The van der Waals surface area contributed by atoms with Gasteiger partial charge in [-0.2, -0.15) is 0 Å². The van der Waals surface area contributed by atoms with E-state index in [1.165, 1.54) is 0 Å². The topological polar surface area (TPSA) is 70.2 Å². The van der Waals surface area contributed by atoms with E-state index in [1.54, 1.807) is 23.1 Å². The van der Waals surface area contributed by atoms with Crippen molar-refractivity contribution in [3.63, 3.8) is 0 Å². The summed E-state index contributed by atoms with van der Waals surface area (Å²) in [6, 6.07) is 11.0. The number of hydrogen-bond acceptors (Lipinski definition) is 5. The van der Waals surface area contributed by atoms with Crippen molar-refractivity contribution in [2.45, 2.75) is 19.8 Å². The number of carbonyl (C=O) groups excluding carboxylic acids is 1. The largest absolute Gasteiger partial charge is 0.494 e. The summed E-state index contributed by atoms with van der Waals surface area (Å²) in [4.78, 5) is 11.2. The lowest BCUT2D eigenvalue weighted by molar-refractivity contribution is 0.111. The van der Waals surface area contributed by atoms with Gasteiger partial charge in [-0.15, -0.1) is 5.10 Å². The van der Waals surface area contributed by atoms with Gasteiger partial charge >= 0.3 is 0 Å². The van der Waals surface area contributed by atoms with Crippen molar-refractivity contribution in [3.05, 3.63) is 48.4 Å². The highest BCUT2D eigenvalue weighted by Crippen LogP contribution is 2.25. The number of furan rings is 1. The molecule has 3 rings (SSSR count). The minimum absolute atomic E-state index is 0.239. The molecule has 0 bridgehead atoms. The smallest absolute Gasteiger partial charge is 0.172 e. The molecule has 3 aromatic rings. The molecule has 6 nitrogen and oxygen atoms in total. The minimum Gasteiger partial charge on any atom is -0.494 e. The molecule has 0 atom stereocenters. The van der Waals surface area contributed by atoms with Crippen LogP contribution in [0, 0.1) is 0 Å². The van der Waals surface area contributed by atoms with E-state index in [2.05, 4.69) is 17.2 Å². The molecule has 0 saturated carbocycles. The maximum atomic E-state index is 11.2. The van der Waals surface area contributed by atoms with Gasteiger partial charge in [-0.1, -0.05) is 18.6 Å². The Morgan fingerprint density at radius 1 is 1.26 bits per heavy atom. The molecule has 0 spiro atoms. The SMILES string of the molecule is CCCCOc1ccc(-n2nnc(C=O)c2-c2ccco2)cc1. The Hall–Kier alpha value is -2.89. The molecular formula is C17H17N3O3. The highest BCUT2D eigenvalue weighted by atomic mass is 16.5. The first-order chi connectivity index (χ1) is 11.3. The molecule has 0 fully saturated rings. The van der Waals surface area contributed by atoms with Crippen molar-refractivity contribution >= 4 is 6.29 Å². The zero-order chi connectivity index (χ0) is 16.1. The normalized spacial score (nSPS) is 10.7. The number of rotatable bonds is 7. The molecule has 0 N–H and O–H groups in total. The third-order valence-corrected chi connectivity index (χ3v) is 3.41. The number of carbonyl (C=O) groups is 1. The van der Waals surface area contributed by atoms with Crippen molar-refractivity contribution in [2.24, 2.45) is 0 Å². The van der Waals surface area contributed by atoms with E-state index in [0.29, 0.717) is 24.3 Å². The van der Waals surface area contributed by atoms with Crippen LogP contribution in [0.15, 0.2) is 47.1 Å². The zero-order valence-electron chi connectivity index (χ0n) is 12.8. The fourth-order valence-corrected chi connectivity index (χ4v) is 2.22. The van der Waals surface area contributed by atoms with E-state index in [9.17, 15) is 4.79 Å². The van der Waals surface area contributed by atoms with Gasteiger partial charge in [-0.25, -0.2) is 4.68 Å². The maximum absolute atomic E-state index is 11.2. The molecule has 0 radical (unpaired) electrons. The van der Waals surface area contributed by atoms with Crippen molar-refractivity contribution in [2.75, 3.05) is 6.61 Å². The Balaban J connectivity index is 1.90. The van der Waals surface area contributed by atoms with Crippen LogP contribution >= 0.6 is 0 Å². The number of unbranched alkanes of at least 4 members (excludes halogenated alkanes) is 1. The van der Waals surface area contributed by atoms with Crippen LogP contribution in [-0.2, 0) is 0 Å². The van der Waals surface area contributed by atoms with Gasteiger partial charge in [-0.05, 0) is 42.8 Å². The predicted molar refractivity (Wildman–Crippen MR) is 84.9 cm³/mol. The summed E-state index contributed by atoms with van der Waals surface area (Å²) < 4.78 is 12.6. The number of aldehydes is 1. The summed E-state index contributed by atoms with van der Waals surface area (Å²) >= 11 is 0. The lowest BCUT2D eigenvalue weighted by Crippen LogP contribution is -2.00. The number of ether oxygens (including phenoxy) is 1. The Morgan fingerprint density at radius 3 is 2.74 bits per heavy atom. The summed E-state index contributed by atoms with van der Waals surface area (Å²) in [5.74, 6) is 1.35. The second-order valence-electron chi connectivity index (χ2n) is 5.03. The lowest BCUT2D eigenvalue weighted by Gasteiger charge is -2.08. The van der Waals surface area contributed by atoms with Crippen LogP contribution in [0.5, 0.6) is 5.75 Å². The molecule has 2 heterocycles. The summed E-state index contributed by atoms with van der Waals surface area (Å²) in [5.41, 5.74) is 1.55. The van der Waals surface area contributed by atoms with E-state index >= 15 is 0 Å². The van der Waals surface area contributed by atoms with Gasteiger partial charge in [0.1, 0.15) is 11.4 Å². The average molecular weight is 311 g/mol. The third kappa shape index (κ3) is 3.15. The van der Waals surface area contributed by atoms with Crippen LogP contribution in [0.1, 0.15) is 30.3 Å². The van der Waals surface area contributed by atoms with Crippen LogP contribution < -0.4 is 4.74 Å². The van der Waals surface area contributed by atoms with E-state index in [1.807, 2.05) is 24.3 Å². The van der Waals surface area contributed by atoms with E-state index in [4.69, 9.17) is 9.15 Å². The summed E-state index contributed by atoms with van der Waals surface area (Å²) in [5, 5.41) is 7.96. The molecule has 23 heavy (non-hydrogen) atoms. The third-order valence-electron chi connectivity index (χ3n) is 3.41. The molecule has 0 saturated heterocycles. The van der Waals surface area contributed by atoms with Crippen molar-refractivity contribution < 1.29 is 13.9 Å². The highest BCUT2D eigenvalue weighted by molar-refractivity contribution is 5.82. The Labute approximate surface area is 133 Å². The molecule has 0 aliphatic heterocycles. The monoisotopic (exact) mass is 311 g/mol. The second-order valence-corrected chi connectivity index (χ2v) is 5.03. The first-order valence-corrected chi connectivity index (χ1v) is 7.51. The van der Waals surface area contributed by atoms with Gasteiger partial charge in [0.25, 0.3) is 0 Å². The highest BCUT2D eigenvalue weighted by Gasteiger charge is 2.18. The van der Waals surface area contributed by atoms with Crippen LogP contribution in [0.3, 0.4) is 0 Å². The molecule has 1 aromatic carbocycles. The van der Waals surface area contributed by atoms with Crippen LogP contribution in [-0.4, -0.2) is 27.9 Å². The molecule has 0 amide bonds. The van der Waals surface area contributed by atoms with Crippen molar-refractivity contribution in [3.8, 4) is 22.9 Å². The van der Waals surface area contributed by atoms with Crippen LogP contribution in [0.25, 0.3) is 17.1 Å². The number of benzene rings is 1. The Morgan fingerprint density at radius 2 is 2.09 bits per heavy atom. The van der Waals surface area contributed by atoms with E-state index < -0.39 is 0 Å². The van der Waals surface area contributed by atoms with E-state index in [-0.39, 0.29) is 5.69 Å². The molecule has 118 valence electrons. The first kappa shape index (κ1) is 15.0. The minimum atomic E-state index is 0.239. The van der Waals surface area contributed by atoms with Gasteiger partial charge in [0.2, 0.25) is 0 Å². The summed E-state index contributed by atoms with van der Waals surface area (Å²) in [6.07, 6.45) is 4.34. The number of aromatic nitrogens is 3. The number of nitrogens with zero attached hydrogens (tertiary/aromatic N) is 3. The molecular weight excluding hydrogens is 294 g/mol. The standard InChI is InChI=1S/C17H17N3O3/c1-2-3-10-22-14-8-6-13(7-9-14)20-17(15(12-21)18-19-20)16-5-4-11-23-16/h4-9,11-12H,2-3,10H2,1H3. The van der Waals surface area contributed by atoms with E-state index in [0.717, 1.165) is 24.3 Å². The molecule has 0 aliphatic rings. The molecule has 6 heteroatoms. The average Bonchev–Trinajstić information content (AvgIpc) is 3.24. The van der Waals surface area contributed by atoms with Gasteiger partial charge in [-0.3, -0.25) is 4.79 Å². The Kier molecular flexibility index (Phi) is 4.52.